The van der Waals surface area contributed by atoms with Crippen LogP contribution in [0.4, 0.5) is 15.5 Å². The maximum atomic E-state index is 12.8. The number of aliphatic carboxylic acids is 1. The van der Waals surface area contributed by atoms with Crippen molar-refractivity contribution >= 4 is 46.9 Å². The van der Waals surface area contributed by atoms with Crippen LogP contribution in [-0.2, 0) is 19.1 Å². The maximum Gasteiger partial charge on any atom is 0.421 e. The van der Waals surface area contributed by atoms with Gasteiger partial charge in [0.05, 0.1) is 11.0 Å². The number of hydrogen-bond acceptors (Lipinski definition) is 9. The van der Waals surface area contributed by atoms with E-state index in [1.807, 2.05) is 0 Å². The Labute approximate surface area is 212 Å². The fraction of sp³-hybridized carbons (Fsp3) is 0.478. The number of benzene rings is 1. The molecule has 37 heavy (non-hydrogen) atoms. The molecule has 2 heterocycles. The van der Waals surface area contributed by atoms with Gasteiger partial charge in [0.1, 0.15) is 24.2 Å². The third-order valence-electron chi connectivity index (χ3n) is 5.33. The normalized spacial score (nSPS) is 16.4. The number of carboxylic acid groups (broad SMARTS) is 1. The average Bonchev–Trinajstić information content (AvgIpc) is 3.31. The molecule has 0 spiro atoms. The maximum absolute atomic E-state index is 12.8. The van der Waals surface area contributed by atoms with Crippen LogP contribution in [0, 0.1) is 0 Å². The van der Waals surface area contributed by atoms with Gasteiger partial charge in [-0.15, -0.1) is 0 Å². The molecule has 4 amide bonds. The standard InChI is InChI=1S/C23H31N7O7/c1-23(2,3)37-22(36)30-16-9-5-4-7-14(16)27-20(30)25-10-6-8-15-18(32)29(21(35)28-15)12-17(31)26-11-13(24)19(33)34/h4-5,7,9,13,15H,6,8,10-12,24H2,1-3H3,(H,25,27)(H,26,31)(H,28,35)(H,33,34)/t13-,15-/m0/s1. The lowest BCUT2D eigenvalue weighted by atomic mass is 10.1. The van der Waals surface area contributed by atoms with Gasteiger partial charge in [-0.25, -0.2) is 19.1 Å². The predicted molar refractivity (Wildman–Crippen MR) is 132 cm³/mol. The van der Waals surface area contributed by atoms with Crippen molar-refractivity contribution in [1.82, 2.24) is 25.1 Å². The highest BCUT2D eigenvalue weighted by atomic mass is 16.6. The van der Waals surface area contributed by atoms with E-state index in [-0.39, 0.29) is 18.9 Å². The minimum absolute atomic E-state index is 0.270. The van der Waals surface area contributed by atoms with E-state index < -0.39 is 54.1 Å². The number of carbonyl (C=O) groups excluding carboxylic acids is 4. The van der Waals surface area contributed by atoms with E-state index in [4.69, 9.17) is 15.6 Å². The van der Waals surface area contributed by atoms with Crippen molar-refractivity contribution in [3.8, 4) is 0 Å². The van der Waals surface area contributed by atoms with Gasteiger partial charge in [0.25, 0.3) is 5.91 Å². The van der Waals surface area contributed by atoms with Crippen molar-refractivity contribution in [2.45, 2.75) is 51.3 Å². The number of ether oxygens (including phenoxy) is 1. The number of urea groups is 1. The van der Waals surface area contributed by atoms with Crippen LogP contribution in [0.3, 0.4) is 0 Å². The lowest BCUT2D eigenvalue weighted by Gasteiger charge is -2.20. The summed E-state index contributed by atoms with van der Waals surface area (Å²) in [5.41, 5.74) is 5.80. The molecule has 0 radical (unpaired) electrons. The van der Waals surface area contributed by atoms with Crippen molar-refractivity contribution < 1.29 is 33.8 Å². The number of para-hydroxylation sites is 2. The number of nitrogens with one attached hydrogen (secondary N) is 3. The van der Waals surface area contributed by atoms with Crippen molar-refractivity contribution in [3.63, 3.8) is 0 Å². The molecule has 3 rings (SSSR count). The Morgan fingerprint density at radius 3 is 2.62 bits per heavy atom. The van der Waals surface area contributed by atoms with Gasteiger partial charge >= 0.3 is 18.1 Å². The minimum Gasteiger partial charge on any atom is -0.480 e. The number of carbonyl (C=O) groups is 5. The van der Waals surface area contributed by atoms with Gasteiger partial charge in [-0.05, 0) is 45.7 Å². The molecule has 1 saturated heterocycles. The third-order valence-corrected chi connectivity index (χ3v) is 5.33. The largest absolute Gasteiger partial charge is 0.480 e. The second-order valence-electron chi connectivity index (χ2n) is 9.48. The molecule has 1 aliphatic rings. The molecule has 0 saturated carbocycles. The predicted octanol–water partition coefficient (Wildman–Crippen LogP) is 0.460. The summed E-state index contributed by atoms with van der Waals surface area (Å²) in [5, 5.41) is 16.7. The zero-order valence-corrected chi connectivity index (χ0v) is 20.8. The van der Waals surface area contributed by atoms with E-state index in [0.717, 1.165) is 4.90 Å². The summed E-state index contributed by atoms with van der Waals surface area (Å²) in [6, 6.07) is 4.28. The number of rotatable bonds is 10. The molecule has 1 aromatic carbocycles. The topological polar surface area (TPSA) is 198 Å². The minimum atomic E-state index is -1.30. The summed E-state index contributed by atoms with van der Waals surface area (Å²) in [6.45, 7) is 4.75. The number of imidazole rings is 1. The molecule has 2 atom stereocenters. The van der Waals surface area contributed by atoms with Crippen molar-refractivity contribution in [1.29, 1.82) is 0 Å². The molecular formula is C23H31N7O7. The number of nitrogens with zero attached hydrogens (tertiary/aromatic N) is 3. The quantitative estimate of drug-likeness (QED) is 0.218. The zero-order valence-electron chi connectivity index (χ0n) is 20.8. The Kier molecular flexibility index (Phi) is 8.32. The van der Waals surface area contributed by atoms with Crippen molar-refractivity contribution in [3.05, 3.63) is 24.3 Å². The van der Waals surface area contributed by atoms with E-state index in [0.29, 0.717) is 24.0 Å². The molecule has 14 heteroatoms. The third kappa shape index (κ3) is 6.94. The van der Waals surface area contributed by atoms with Gasteiger partial charge in [0.2, 0.25) is 11.9 Å². The van der Waals surface area contributed by atoms with Gasteiger partial charge in [-0.1, -0.05) is 12.1 Å². The highest BCUT2D eigenvalue weighted by Crippen LogP contribution is 2.22. The summed E-state index contributed by atoms with van der Waals surface area (Å²) >= 11 is 0. The monoisotopic (exact) mass is 517 g/mol. The Hall–Kier alpha value is -4.20. The summed E-state index contributed by atoms with van der Waals surface area (Å²) in [4.78, 5) is 65.6. The average molecular weight is 518 g/mol. The van der Waals surface area contributed by atoms with E-state index >= 15 is 0 Å². The first-order chi connectivity index (χ1) is 17.4. The summed E-state index contributed by atoms with van der Waals surface area (Å²) in [7, 11) is 0. The highest BCUT2D eigenvalue weighted by molar-refractivity contribution is 6.06. The molecule has 200 valence electrons. The van der Waals surface area contributed by atoms with Crippen molar-refractivity contribution in [2.24, 2.45) is 5.73 Å². The van der Waals surface area contributed by atoms with Crippen LogP contribution in [0.25, 0.3) is 11.0 Å². The molecule has 0 unspecified atom stereocenters. The highest BCUT2D eigenvalue weighted by Gasteiger charge is 2.38. The second kappa shape index (κ2) is 11.2. The number of nitrogens with two attached hydrogens (primary N) is 1. The Balaban J connectivity index is 1.55. The first-order valence-electron chi connectivity index (χ1n) is 11.7. The fourth-order valence-electron chi connectivity index (χ4n) is 3.58. The zero-order chi connectivity index (χ0) is 27.3. The number of imide groups is 1. The van der Waals surface area contributed by atoms with Crippen LogP contribution < -0.4 is 21.7 Å². The molecule has 14 nitrogen and oxygen atoms in total. The van der Waals surface area contributed by atoms with Gasteiger partial charge < -0.3 is 31.5 Å². The molecule has 1 aliphatic heterocycles. The van der Waals surface area contributed by atoms with E-state index in [1.54, 1.807) is 45.0 Å². The molecule has 2 aromatic rings. The number of carboxylic acids is 1. The van der Waals surface area contributed by atoms with Gasteiger partial charge in [0.15, 0.2) is 0 Å². The first kappa shape index (κ1) is 27.4. The summed E-state index contributed by atoms with van der Waals surface area (Å²) < 4.78 is 6.85. The van der Waals surface area contributed by atoms with Crippen LogP contribution in [0.2, 0.25) is 0 Å². The van der Waals surface area contributed by atoms with E-state index in [1.165, 1.54) is 4.57 Å². The van der Waals surface area contributed by atoms with Crippen molar-refractivity contribution in [2.75, 3.05) is 25.0 Å². The number of aromatic nitrogens is 2. The Morgan fingerprint density at radius 1 is 1.24 bits per heavy atom. The lowest BCUT2D eigenvalue weighted by Crippen LogP contribution is -2.46. The fourth-order valence-corrected chi connectivity index (χ4v) is 3.58. The number of anilines is 1. The lowest BCUT2D eigenvalue weighted by molar-refractivity contribution is -0.138. The smallest absolute Gasteiger partial charge is 0.421 e. The molecule has 0 bridgehead atoms. The Bertz CT molecular complexity index is 1200. The van der Waals surface area contributed by atoms with Crippen LogP contribution in [0.15, 0.2) is 24.3 Å². The number of fused-ring (bicyclic) bond motifs is 1. The Morgan fingerprint density at radius 2 is 1.95 bits per heavy atom. The summed E-state index contributed by atoms with van der Waals surface area (Å²) in [6.07, 6.45) is 0.119. The molecule has 1 fully saturated rings. The first-order valence-corrected chi connectivity index (χ1v) is 11.7. The second-order valence-corrected chi connectivity index (χ2v) is 9.48. The van der Waals surface area contributed by atoms with Crippen LogP contribution in [0.1, 0.15) is 33.6 Å². The van der Waals surface area contributed by atoms with E-state index in [2.05, 4.69) is 20.9 Å². The summed E-state index contributed by atoms with van der Waals surface area (Å²) in [5.74, 6) is -2.27. The van der Waals surface area contributed by atoms with Gasteiger partial charge in [-0.2, -0.15) is 0 Å². The molecule has 6 N–H and O–H groups in total. The van der Waals surface area contributed by atoms with E-state index in [9.17, 15) is 24.0 Å². The molecule has 1 aromatic heterocycles. The van der Waals surface area contributed by atoms with Crippen LogP contribution in [0.5, 0.6) is 0 Å². The van der Waals surface area contributed by atoms with Gasteiger partial charge in [0, 0.05) is 13.1 Å². The SMILES string of the molecule is CC(C)(C)OC(=O)n1c(NCCC[C@@H]2NC(=O)N(CC(=O)NC[C@H](N)C(=O)O)C2=O)nc2ccccc21. The van der Waals surface area contributed by atoms with Gasteiger partial charge in [-0.3, -0.25) is 19.3 Å². The molecule has 0 aliphatic carbocycles. The van der Waals surface area contributed by atoms with Crippen LogP contribution in [-0.4, -0.2) is 86.8 Å². The molecular weight excluding hydrogens is 486 g/mol. The number of amides is 4. The number of hydrogen-bond donors (Lipinski definition) is 5. The van der Waals surface area contributed by atoms with Crippen LogP contribution >= 0.6 is 0 Å².